The molecule has 0 radical (unpaired) electrons. The van der Waals surface area contributed by atoms with E-state index in [2.05, 4.69) is 63.6 Å². The summed E-state index contributed by atoms with van der Waals surface area (Å²) in [5, 5.41) is 0. The maximum atomic E-state index is 3.92. The van der Waals surface area contributed by atoms with Gasteiger partial charge in [0.2, 0.25) is 0 Å². The highest BCUT2D eigenvalue weighted by Gasteiger charge is 2.26. The maximum Gasteiger partial charge on any atom is 0.0600 e. The van der Waals surface area contributed by atoms with Crippen molar-refractivity contribution in [3.8, 4) is 0 Å². The molecule has 0 aliphatic rings. The lowest BCUT2D eigenvalue weighted by atomic mass is 10.2. The molecule has 0 saturated carbocycles. The molecule has 0 N–H and O–H groups in total. The zero-order chi connectivity index (χ0) is 13.4. The fourth-order valence-corrected chi connectivity index (χ4v) is 3.83. The van der Waals surface area contributed by atoms with Crippen molar-refractivity contribution in [2.75, 3.05) is 13.1 Å². The van der Waals surface area contributed by atoms with Crippen molar-refractivity contribution in [2.24, 2.45) is 0 Å². The summed E-state index contributed by atoms with van der Waals surface area (Å²) in [5.41, 5.74) is 2.18. The minimum absolute atomic E-state index is 0.113. The Hall–Kier alpha value is -0.123. The molecule has 0 fully saturated rings. The number of nitrogens with zero attached hydrogens (tertiary/aromatic N) is 2. The van der Waals surface area contributed by atoms with Crippen LogP contribution in [0.25, 0.3) is 0 Å². The molecule has 3 heteroatoms. The molecule has 0 saturated heterocycles. The summed E-state index contributed by atoms with van der Waals surface area (Å²) < 4.78 is 0. The predicted octanol–water partition coefficient (Wildman–Crippen LogP) is 2.50. The largest absolute Gasteiger partial charge is 0.286 e. The summed E-state index contributed by atoms with van der Waals surface area (Å²) in [6.45, 7) is 20.0. The zero-order valence-corrected chi connectivity index (χ0v) is 14.2. The smallest absolute Gasteiger partial charge is 0.0600 e. The van der Waals surface area contributed by atoms with Crippen LogP contribution in [0.1, 0.15) is 41.5 Å². The second kappa shape index (κ2) is 8.89. The standard InChI is InChI=1S/C14H32N2Si/c1-8-15(12(4)5)14(11-17-10-3)16(9-2)13(6)7/h10,12-14H,3,8-9,11,17H2,1-2,4-7H3. The van der Waals surface area contributed by atoms with Crippen LogP contribution in [0.5, 0.6) is 0 Å². The Morgan fingerprint density at radius 2 is 1.41 bits per heavy atom. The summed E-state index contributed by atoms with van der Waals surface area (Å²) in [6, 6.07) is 2.56. The van der Waals surface area contributed by atoms with Gasteiger partial charge < -0.3 is 0 Å². The first-order valence-corrected chi connectivity index (χ1v) is 8.93. The van der Waals surface area contributed by atoms with E-state index in [0.717, 1.165) is 13.1 Å². The quantitative estimate of drug-likeness (QED) is 0.462. The molecule has 0 aromatic rings. The summed E-state index contributed by atoms with van der Waals surface area (Å²) in [4.78, 5) is 5.25. The van der Waals surface area contributed by atoms with Crippen LogP contribution in [-0.2, 0) is 0 Å². The number of hydrogen-bond acceptors (Lipinski definition) is 2. The van der Waals surface area contributed by atoms with Crippen molar-refractivity contribution in [3.63, 3.8) is 0 Å². The van der Waals surface area contributed by atoms with Crippen LogP contribution in [0.2, 0.25) is 6.04 Å². The number of rotatable bonds is 9. The number of hydrogen-bond donors (Lipinski definition) is 0. The average Bonchev–Trinajstić information content (AvgIpc) is 2.25. The molecule has 0 bridgehead atoms. The van der Waals surface area contributed by atoms with Crippen LogP contribution >= 0.6 is 0 Å². The van der Waals surface area contributed by atoms with E-state index in [1.807, 2.05) is 0 Å². The van der Waals surface area contributed by atoms with E-state index < -0.39 is 0 Å². The third-order valence-corrected chi connectivity index (χ3v) is 4.71. The molecule has 0 aromatic carbocycles. The molecule has 0 unspecified atom stereocenters. The molecule has 0 amide bonds. The van der Waals surface area contributed by atoms with Crippen molar-refractivity contribution in [3.05, 3.63) is 12.3 Å². The van der Waals surface area contributed by atoms with Crippen LogP contribution < -0.4 is 0 Å². The Morgan fingerprint density at radius 3 is 1.65 bits per heavy atom. The fourth-order valence-electron chi connectivity index (χ4n) is 2.63. The normalized spacial score (nSPS) is 13.1. The molecule has 0 aromatic heterocycles. The Kier molecular flexibility index (Phi) is 8.83. The van der Waals surface area contributed by atoms with Gasteiger partial charge in [0.25, 0.3) is 0 Å². The molecule has 0 aliphatic heterocycles. The molecule has 17 heavy (non-hydrogen) atoms. The molecule has 102 valence electrons. The van der Waals surface area contributed by atoms with Crippen LogP contribution in [-0.4, -0.2) is 50.7 Å². The lowest BCUT2D eigenvalue weighted by molar-refractivity contribution is 0.0209. The zero-order valence-electron chi connectivity index (χ0n) is 12.7. The highest BCUT2D eigenvalue weighted by Crippen LogP contribution is 2.16. The Bertz CT molecular complexity index is 188. The van der Waals surface area contributed by atoms with Gasteiger partial charge in [0.15, 0.2) is 0 Å². The molecule has 0 heterocycles. The SMILES string of the molecule is C=C[SiH2]CC(N(CC)C(C)C)N(CC)C(C)C. The van der Waals surface area contributed by atoms with Gasteiger partial charge in [0, 0.05) is 21.6 Å². The van der Waals surface area contributed by atoms with Crippen molar-refractivity contribution in [1.29, 1.82) is 0 Å². The third-order valence-electron chi connectivity index (χ3n) is 3.45. The van der Waals surface area contributed by atoms with Gasteiger partial charge in [-0.3, -0.25) is 9.80 Å². The summed E-state index contributed by atoms with van der Waals surface area (Å²) >= 11 is 0. The first-order valence-electron chi connectivity index (χ1n) is 7.11. The van der Waals surface area contributed by atoms with Crippen molar-refractivity contribution < 1.29 is 0 Å². The van der Waals surface area contributed by atoms with E-state index in [0.29, 0.717) is 18.2 Å². The average molecular weight is 257 g/mol. The van der Waals surface area contributed by atoms with Gasteiger partial charge in [-0.1, -0.05) is 13.8 Å². The highest BCUT2D eigenvalue weighted by molar-refractivity contribution is 6.41. The fraction of sp³-hybridized carbons (Fsp3) is 0.857. The molecule has 0 spiro atoms. The van der Waals surface area contributed by atoms with E-state index >= 15 is 0 Å². The Balaban J connectivity index is 4.86. The van der Waals surface area contributed by atoms with E-state index in [4.69, 9.17) is 0 Å². The maximum absolute atomic E-state index is 3.92. The van der Waals surface area contributed by atoms with Gasteiger partial charge in [-0.2, -0.15) is 0 Å². The van der Waals surface area contributed by atoms with Gasteiger partial charge in [-0.25, -0.2) is 0 Å². The highest BCUT2D eigenvalue weighted by atomic mass is 28.2. The topological polar surface area (TPSA) is 6.48 Å². The van der Waals surface area contributed by atoms with E-state index in [-0.39, 0.29) is 9.52 Å². The van der Waals surface area contributed by atoms with Crippen LogP contribution in [0.3, 0.4) is 0 Å². The molecule has 2 nitrogen and oxygen atoms in total. The van der Waals surface area contributed by atoms with Gasteiger partial charge >= 0.3 is 0 Å². The first kappa shape index (κ1) is 16.9. The lowest BCUT2D eigenvalue weighted by Crippen LogP contribution is -2.53. The summed E-state index contributed by atoms with van der Waals surface area (Å²) in [7, 11) is -0.113. The van der Waals surface area contributed by atoms with Crippen molar-refractivity contribution >= 4 is 9.52 Å². The Morgan fingerprint density at radius 1 is 1.00 bits per heavy atom. The monoisotopic (exact) mass is 256 g/mol. The van der Waals surface area contributed by atoms with Crippen LogP contribution in [0.4, 0.5) is 0 Å². The minimum atomic E-state index is -0.113. The molecule has 0 aliphatic carbocycles. The third kappa shape index (κ3) is 5.36. The predicted molar refractivity (Wildman–Crippen MR) is 82.4 cm³/mol. The molecule has 0 rings (SSSR count). The van der Waals surface area contributed by atoms with Crippen LogP contribution in [0.15, 0.2) is 12.3 Å². The summed E-state index contributed by atoms with van der Waals surface area (Å²) in [5.74, 6) is 0. The molecular weight excluding hydrogens is 224 g/mol. The molecular formula is C14H32N2Si. The first-order chi connectivity index (χ1) is 7.99. The van der Waals surface area contributed by atoms with Gasteiger partial charge in [0.05, 0.1) is 6.17 Å². The molecule has 0 atom stereocenters. The lowest BCUT2D eigenvalue weighted by Gasteiger charge is -2.43. The van der Waals surface area contributed by atoms with Crippen molar-refractivity contribution in [2.45, 2.75) is 65.8 Å². The second-order valence-corrected chi connectivity index (χ2v) is 6.93. The van der Waals surface area contributed by atoms with E-state index in [1.54, 1.807) is 0 Å². The van der Waals surface area contributed by atoms with Crippen LogP contribution in [0, 0.1) is 0 Å². The van der Waals surface area contributed by atoms with Gasteiger partial charge in [-0.05, 0) is 46.8 Å². The second-order valence-electron chi connectivity index (χ2n) is 5.20. The van der Waals surface area contributed by atoms with Gasteiger partial charge in [0.1, 0.15) is 0 Å². The van der Waals surface area contributed by atoms with E-state index in [9.17, 15) is 0 Å². The van der Waals surface area contributed by atoms with Gasteiger partial charge in [-0.15, -0.1) is 12.3 Å². The van der Waals surface area contributed by atoms with Crippen molar-refractivity contribution in [1.82, 2.24) is 9.80 Å². The Labute approximate surface area is 111 Å². The van der Waals surface area contributed by atoms with E-state index in [1.165, 1.54) is 6.04 Å². The minimum Gasteiger partial charge on any atom is -0.286 e. The summed E-state index contributed by atoms with van der Waals surface area (Å²) in [6.07, 6.45) is 0.606.